The van der Waals surface area contributed by atoms with Crippen molar-refractivity contribution in [2.75, 3.05) is 14.2 Å². The molecule has 0 saturated carbocycles. The first-order valence-electron chi connectivity index (χ1n) is 5.68. The van der Waals surface area contributed by atoms with Gasteiger partial charge in [-0.1, -0.05) is 34.8 Å². The molecule has 21 heavy (non-hydrogen) atoms. The summed E-state index contributed by atoms with van der Waals surface area (Å²) >= 11 is 18.5. The van der Waals surface area contributed by atoms with Gasteiger partial charge in [0, 0.05) is 15.8 Å². The Labute approximate surface area is 135 Å². The molecule has 2 aromatic carbocycles. The van der Waals surface area contributed by atoms with E-state index in [0.717, 1.165) is 0 Å². The average molecular weight is 348 g/mol. The standard InChI is InChI=1S/C14H9Cl3O4/c1-20-13(18)6-3-7-9(15)5-8(14(19)21-2)12(17)11(7)10(16)4-6/h3-5H,1-2H3. The van der Waals surface area contributed by atoms with Gasteiger partial charge >= 0.3 is 11.9 Å². The summed E-state index contributed by atoms with van der Waals surface area (Å²) in [5.74, 6) is -1.18. The third kappa shape index (κ3) is 2.79. The lowest BCUT2D eigenvalue weighted by Crippen LogP contribution is -2.04. The van der Waals surface area contributed by atoms with Crippen LogP contribution in [0.2, 0.25) is 15.1 Å². The zero-order chi connectivity index (χ0) is 15.7. The number of carbonyl (C=O) groups excluding carboxylic acids is 2. The lowest BCUT2D eigenvalue weighted by Gasteiger charge is -2.11. The number of methoxy groups -OCH3 is 2. The van der Waals surface area contributed by atoms with Crippen LogP contribution in [0, 0.1) is 0 Å². The third-order valence-electron chi connectivity index (χ3n) is 2.90. The monoisotopic (exact) mass is 346 g/mol. The van der Waals surface area contributed by atoms with E-state index in [1.165, 1.54) is 32.4 Å². The van der Waals surface area contributed by atoms with Gasteiger partial charge in [0.1, 0.15) is 0 Å². The lowest BCUT2D eigenvalue weighted by molar-refractivity contribution is 0.0591. The molecule has 0 aliphatic heterocycles. The molecule has 0 unspecified atom stereocenters. The van der Waals surface area contributed by atoms with Gasteiger partial charge in [0.25, 0.3) is 0 Å². The van der Waals surface area contributed by atoms with Gasteiger partial charge in [-0.05, 0) is 18.2 Å². The van der Waals surface area contributed by atoms with Gasteiger partial charge in [0.2, 0.25) is 0 Å². The molecule has 2 aromatic rings. The molecule has 0 N–H and O–H groups in total. The Kier molecular flexibility index (Phi) is 4.61. The van der Waals surface area contributed by atoms with Crippen molar-refractivity contribution in [3.8, 4) is 0 Å². The Balaban J connectivity index is 2.82. The van der Waals surface area contributed by atoms with E-state index in [2.05, 4.69) is 9.47 Å². The van der Waals surface area contributed by atoms with Crippen molar-refractivity contribution in [3.63, 3.8) is 0 Å². The van der Waals surface area contributed by atoms with Gasteiger partial charge < -0.3 is 9.47 Å². The van der Waals surface area contributed by atoms with Crippen LogP contribution in [0.3, 0.4) is 0 Å². The number of hydrogen-bond acceptors (Lipinski definition) is 4. The van der Waals surface area contributed by atoms with Gasteiger partial charge in [-0.15, -0.1) is 0 Å². The number of carbonyl (C=O) groups is 2. The second kappa shape index (κ2) is 6.10. The molecule has 0 spiro atoms. The summed E-state index contributed by atoms with van der Waals surface area (Å²) < 4.78 is 9.28. The highest BCUT2D eigenvalue weighted by Crippen LogP contribution is 2.38. The maximum absolute atomic E-state index is 11.7. The molecule has 2 rings (SSSR count). The Morgan fingerprint density at radius 3 is 2.10 bits per heavy atom. The number of rotatable bonds is 2. The highest BCUT2D eigenvalue weighted by molar-refractivity contribution is 6.47. The van der Waals surface area contributed by atoms with Crippen LogP contribution in [-0.2, 0) is 9.47 Å². The number of hydrogen-bond donors (Lipinski definition) is 0. The maximum atomic E-state index is 11.7. The molecule has 0 saturated heterocycles. The SMILES string of the molecule is COC(=O)c1cc(Cl)c2c(Cl)c(C(=O)OC)cc(Cl)c2c1. The Bertz CT molecular complexity index is 756. The summed E-state index contributed by atoms with van der Waals surface area (Å²) in [6.45, 7) is 0. The molecule has 0 fully saturated rings. The fraction of sp³-hybridized carbons (Fsp3) is 0.143. The molecule has 0 heterocycles. The molecule has 0 aliphatic rings. The first kappa shape index (κ1) is 15.9. The van der Waals surface area contributed by atoms with Gasteiger partial charge in [-0.2, -0.15) is 0 Å². The van der Waals surface area contributed by atoms with E-state index in [9.17, 15) is 9.59 Å². The van der Waals surface area contributed by atoms with Gasteiger partial charge in [-0.25, -0.2) is 9.59 Å². The van der Waals surface area contributed by atoms with Crippen molar-refractivity contribution in [2.45, 2.75) is 0 Å². The summed E-state index contributed by atoms with van der Waals surface area (Å²) in [5, 5.41) is 1.34. The first-order valence-corrected chi connectivity index (χ1v) is 6.82. The smallest absolute Gasteiger partial charge is 0.339 e. The van der Waals surface area contributed by atoms with Crippen molar-refractivity contribution in [2.24, 2.45) is 0 Å². The van der Waals surface area contributed by atoms with Crippen LogP contribution in [0.15, 0.2) is 18.2 Å². The topological polar surface area (TPSA) is 52.6 Å². The van der Waals surface area contributed by atoms with Crippen molar-refractivity contribution < 1.29 is 19.1 Å². The second-order valence-corrected chi connectivity index (χ2v) is 5.28. The molecule has 0 amide bonds. The fourth-order valence-electron chi connectivity index (χ4n) is 1.91. The molecule has 0 aromatic heterocycles. The lowest BCUT2D eigenvalue weighted by atomic mass is 10.0. The van der Waals surface area contributed by atoms with Gasteiger partial charge in [0.15, 0.2) is 0 Å². The van der Waals surface area contributed by atoms with Crippen LogP contribution in [0.4, 0.5) is 0 Å². The predicted molar refractivity (Wildman–Crippen MR) is 81.7 cm³/mol. The minimum absolute atomic E-state index is 0.101. The Morgan fingerprint density at radius 2 is 1.52 bits per heavy atom. The molecule has 7 heteroatoms. The average Bonchev–Trinajstić information content (AvgIpc) is 2.48. The van der Waals surface area contributed by atoms with Crippen LogP contribution >= 0.6 is 34.8 Å². The fourth-order valence-corrected chi connectivity index (χ4v) is 2.87. The van der Waals surface area contributed by atoms with E-state index in [0.29, 0.717) is 10.8 Å². The van der Waals surface area contributed by atoms with Gasteiger partial charge in [-0.3, -0.25) is 0 Å². The number of esters is 2. The quantitative estimate of drug-likeness (QED) is 0.757. The highest BCUT2D eigenvalue weighted by Gasteiger charge is 2.20. The zero-order valence-electron chi connectivity index (χ0n) is 11.0. The molecular formula is C14H9Cl3O4. The van der Waals surface area contributed by atoms with E-state index in [1.54, 1.807) is 0 Å². The van der Waals surface area contributed by atoms with Crippen LogP contribution < -0.4 is 0 Å². The van der Waals surface area contributed by atoms with Crippen LogP contribution in [0.5, 0.6) is 0 Å². The number of fused-ring (bicyclic) bond motifs is 1. The highest BCUT2D eigenvalue weighted by atomic mass is 35.5. The molecule has 0 aliphatic carbocycles. The molecular weight excluding hydrogens is 339 g/mol. The summed E-state index contributed by atoms with van der Waals surface area (Å²) in [5.41, 5.74) is 0.336. The van der Waals surface area contributed by atoms with E-state index in [1.807, 2.05) is 0 Å². The number of ether oxygens (including phenoxy) is 2. The molecule has 0 atom stereocenters. The van der Waals surface area contributed by atoms with E-state index in [4.69, 9.17) is 34.8 Å². The van der Waals surface area contributed by atoms with E-state index >= 15 is 0 Å². The Morgan fingerprint density at radius 1 is 0.905 bits per heavy atom. The van der Waals surface area contributed by atoms with Gasteiger partial charge in [0.05, 0.1) is 35.4 Å². The van der Waals surface area contributed by atoms with Crippen molar-refractivity contribution in [1.29, 1.82) is 0 Å². The third-order valence-corrected chi connectivity index (χ3v) is 3.90. The molecule has 4 nitrogen and oxygen atoms in total. The van der Waals surface area contributed by atoms with Crippen molar-refractivity contribution in [1.82, 2.24) is 0 Å². The van der Waals surface area contributed by atoms with E-state index in [-0.39, 0.29) is 26.2 Å². The molecule has 0 radical (unpaired) electrons. The minimum Gasteiger partial charge on any atom is -0.465 e. The molecule has 110 valence electrons. The van der Waals surface area contributed by atoms with Crippen molar-refractivity contribution in [3.05, 3.63) is 44.4 Å². The Hall–Kier alpha value is -1.49. The number of benzene rings is 2. The minimum atomic E-state index is -0.628. The molecule has 0 bridgehead atoms. The number of halogens is 3. The normalized spacial score (nSPS) is 10.5. The van der Waals surface area contributed by atoms with Crippen molar-refractivity contribution >= 4 is 57.5 Å². The summed E-state index contributed by atoms with van der Waals surface area (Å²) in [6, 6.07) is 4.27. The maximum Gasteiger partial charge on any atom is 0.339 e. The summed E-state index contributed by atoms with van der Waals surface area (Å²) in [4.78, 5) is 23.3. The van der Waals surface area contributed by atoms with Crippen LogP contribution in [-0.4, -0.2) is 26.2 Å². The van der Waals surface area contributed by atoms with E-state index < -0.39 is 11.9 Å². The van der Waals surface area contributed by atoms with Crippen LogP contribution in [0.25, 0.3) is 10.8 Å². The summed E-state index contributed by atoms with van der Waals surface area (Å²) in [7, 11) is 2.49. The largest absolute Gasteiger partial charge is 0.465 e. The second-order valence-electron chi connectivity index (χ2n) is 4.08. The predicted octanol–water partition coefficient (Wildman–Crippen LogP) is 4.37. The van der Waals surface area contributed by atoms with Crippen LogP contribution in [0.1, 0.15) is 20.7 Å². The summed E-state index contributed by atoms with van der Waals surface area (Å²) in [6.07, 6.45) is 0. The first-order chi connectivity index (χ1) is 9.90. The zero-order valence-corrected chi connectivity index (χ0v) is 13.3.